The standard InChI is InChI=1S/C11H15N.C11H13N.2C7H15N.C7H11N.C6H14N2.C6H13NS.C6H9N.C6H13N.C6H12.C2H6/c1-9-7-10-5-3-4-6-11(10)8-12(9)2;1-3-10-8-9-6-4-5-7-11(9)12(10)2;1-7-4-3-5-8(2)6-7;1-7-5-3-4-6-8(7)2;1-3-7-5-4-6-8(7)2;1-6-5-7-3-4-8(6)2;1-6-4-8(3)5-7(6)2;1-6-3-4-7(2)5-6;1-6-4-3-5-7(6)2;1-6-4-2-3-5-6;1-2/h3-6,9H,7-8H2,1-2H3;4-8H,3H2,1-2H3;2*7H,3-6H2,1-2H3;4-6H,3H2,1-2H3;6-7H,3-5H2,1-2H3;6H,3-5H2,1-2H3;3-5H,1-2H3;6H,3-5H2,1-2H3;6H,2-5H2,1H3;1-2H3. The number of para-hydroxylation sites is 1. The molecular formula is C75H136N10S. The van der Waals surface area contributed by atoms with Crippen molar-refractivity contribution in [1.29, 1.82) is 0 Å². The minimum atomic E-state index is 0.443. The Labute approximate surface area is 534 Å². The molecule has 0 spiro atoms. The van der Waals surface area contributed by atoms with E-state index in [4.69, 9.17) is 0 Å². The van der Waals surface area contributed by atoms with E-state index in [9.17, 15) is 0 Å². The highest BCUT2D eigenvalue weighted by Crippen LogP contribution is 2.25. The highest BCUT2D eigenvalue weighted by molar-refractivity contribution is 8.14. The quantitative estimate of drug-likeness (QED) is 0.177. The fraction of sp³-hybridized carbons (Fsp3) is 0.693. The van der Waals surface area contributed by atoms with Gasteiger partial charge in [-0.15, -0.1) is 0 Å². The number of piperidine rings is 2. The van der Waals surface area contributed by atoms with Crippen molar-refractivity contribution in [2.45, 2.75) is 210 Å². The van der Waals surface area contributed by atoms with Crippen LogP contribution in [-0.4, -0.2) is 179 Å². The molecule has 5 aromatic rings. The van der Waals surface area contributed by atoms with Crippen molar-refractivity contribution in [3.8, 4) is 0 Å². The van der Waals surface area contributed by atoms with Crippen molar-refractivity contribution in [3.05, 3.63) is 119 Å². The third-order valence-electron chi connectivity index (χ3n) is 18.6. The molecule has 492 valence electrons. The summed E-state index contributed by atoms with van der Waals surface area (Å²) in [6.07, 6.45) is 25.4. The number of benzene rings is 2. The molecule has 1 saturated carbocycles. The second-order valence-electron chi connectivity index (χ2n) is 26.4. The Hall–Kier alpha value is -3.52. The van der Waals surface area contributed by atoms with Crippen LogP contribution in [0.1, 0.15) is 175 Å². The number of nitrogens with zero attached hydrogens (tertiary/aromatic N) is 9. The van der Waals surface area contributed by atoms with Crippen molar-refractivity contribution < 1.29 is 0 Å². The van der Waals surface area contributed by atoms with Crippen LogP contribution in [-0.2, 0) is 47.0 Å². The van der Waals surface area contributed by atoms with E-state index in [2.05, 4.69) is 261 Å². The Bertz CT molecular complexity index is 2350. The fourth-order valence-corrected chi connectivity index (χ4v) is 13.6. The van der Waals surface area contributed by atoms with Crippen molar-refractivity contribution >= 4 is 27.3 Å². The molecule has 7 unspecified atom stereocenters. The van der Waals surface area contributed by atoms with E-state index in [1.165, 1.54) is 160 Å². The summed E-state index contributed by atoms with van der Waals surface area (Å²) in [5.74, 6) is 8.52. The zero-order chi connectivity index (χ0) is 64.1. The molecule has 7 aliphatic rings. The molecule has 0 radical (unpaired) electrons. The molecule has 6 fully saturated rings. The molecule has 0 amide bonds. The van der Waals surface area contributed by atoms with Crippen LogP contribution in [0.4, 0.5) is 0 Å². The van der Waals surface area contributed by atoms with E-state index in [1.54, 1.807) is 0 Å². The van der Waals surface area contributed by atoms with Crippen LogP contribution in [0.3, 0.4) is 0 Å². The highest BCUT2D eigenvalue weighted by Gasteiger charge is 2.20. The second kappa shape index (κ2) is 44.8. The van der Waals surface area contributed by atoms with Gasteiger partial charge in [-0.05, 0) is 225 Å². The predicted molar refractivity (Wildman–Crippen MR) is 387 cm³/mol. The van der Waals surface area contributed by atoms with E-state index in [0.717, 1.165) is 68.5 Å². The number of rotatable bonds is 2. The average Bonchev–Trinajstić information content (AvgIpc) is 3.27. The summed E-state index contributed by atoms with van der Waals surface area (Å²) in [5, 5.41) is 4.67. The van der Waals surface area contributed by atoms with Gasteiger partial charge in [0.25, 0.3) is 0 Å². The van der Waals surface area contributed by atoms with E-state index < -0.39 is 0 Å². The van der Waals surface area contributed by atoms with E-state index in [0.29, 0.717) is 16.5 Å². The first kappa shape index (κ1) is 78.6. The normalized spacial score (nSPS) is 24.1. The van der Waals surface area contributed by atoms with Crippen LogP contribution >= 0.6 is 10.5 Å². The number of aryl methyl sites for hydroxylation is 6. The number of fused-ring (bicyclic) bond motifs is 2. The number of likely N-dealkylation sites (N-methyl/N-ethyl adjacent to an activating group) is 2. The summed E-state index contributed by atoms with van der Waals surface area (Å²) >= 11 is 0. The molecule has 1 N–H and O–H groups in total. The van der Waals surface area contributed by atoms with Gasteiger partial charge in [-0.25, -0.2) is 0 Å². The Morgan fingerprint density at radius 2 is 1.10 bits per heavy atom. The van der Waals surface area contributed by atoms with Crippen LogP contribution in [0.5, 0.6) is 0 Å². The SMILES string of the molecule is C=S1CC(C)N(C)C1.CC.CC1CCCC1.CC1CCCCN1C.CC1CCCN(C)C1.CC1CCCN1C.CC1CNCCN1C.CC1Cc2ccccc2CN1C.CCc1cc2ccccc2n1C.CCc1cccn1C.Cc1ccn(C)c1. The van der Waals surface area contributed by atoms with Crippen LogP contribution < -0.4 is 5.32 Å². The minimum Gasteiger partial charge on any atom is -0.357 e. The average molecular weight is 1210 g/mol. The first-order chi connectivity index (χ1) is 41.0. The first-order valence-corrected chi connectivity index (χ1v) is 35.9. The first-order valence-electron chi connectivity index (χ1n) is 34.2. The lowest BCUT2D eigenvalue weighted by Gasteiger charge is -2.31. The summed E-state index contributed by atoms with van der Waals surface area (Å²) in [5.41, 5.74) is 8.47. The van der Waals surface area contributed by atoms with Gasteiger partial charge in [0.2, 0.25) is 0 Å². The molecule has 6 aliphatic heterocycles. The Kier molecular flexibility index (Phi) is 41.0. The molecule has 7 atom stereocenters. The number of aromatic nitrogens is 3. The Morgan fingerprint density at radius 1 is 0.535 bits per heavy atom. The molecule has 10 nitrogen and oxygen atoms in total. The van der Waals surface area contributed by atoms with E-state index in [-0.39, 0.29) is 0 Å². The number of hydrogen-bond donors (Lipinski definition) is 1. The topological polar surface area (TPSA) is 46.3 Å². The van der Waals surface area contributed by atoms with Gasteiger partial charge in [-0.1, -0.05) is 122 Å². The van der Waals surface area contributed by atoms with Crippen molar-refractivity contribution in [2.75, 3.05) is 99.7 Å². The Morgan fingerprint density at radius 3 is 1.48 bits per heavy atom. The summed E-state index contributed by atoms with van der Waals surface area (Å²) in [7, 11) is 19.8. The molecule has 1 aliphatic carbocycles. The number of hydrogen-bond acceptors (Lipinski definition) is 7. The lowest BCUT2D eigenvalue weighted by atomic mass is 9.96. The van der Waals surface area contributed by atoms with E-state index in [1.807, 2.05) is 31.7 Å². The van der Waals surface area contributed by atoms with Gasteiger partial charge in [-0.3, -0.25) is 9.80 Å². The van der Waals surface area contributed by atoms with E-state index >= 15 is 0 Å². The zero-order valence-electron chi connectivity index (χ0n) is 59.8. The third kappa shape index (κ3) is 31.8. The minimum absolute atomic E-state index is 0.443. The lowest BCUT2D eigenvalue weighted by Crippen LogP contribution is -2.47. The summed E-state index contributed by atoms with van der Waals surface area (Å²) in [6, 6.07) is 29.7. The third-order valence-corrected chi connectivity index (χ3v) is 20.3. The molecule has 0 bridgehead atoms. The summed E-state index contributed by atoms with van der Waals surface area (Å²) < 4.78 is 6.44. The van der Waals surface area contributed by atoms with Gasteiger partial charge in [-0.2, -0.15) is 10.5 Å². The monoisotopic (exact) mass is 1210 g/mol. The molecule has 5 saturated heterocycles. The lowest BCUT2D eigenvalue weighted by molar-refractivity contribution is 0.200. The van der Waals surface area contributed by atoms with Gasteiger partial charge in [0.05, 0.1) is 0 Å². The van der Waals surface area contributed by atoms with Crippen LogP contribution in [0.2, 0.25) is 0 Å². The molecule has 86 heavy (non-hydrogen) atoms. The molecule has 11 heteroatoms. The largest absolute Gasteiger partial charge is 0.357 e. The maximum atomic E-state index is 4.02. The van der Waals surface area contributed by atoms with Gasteiger partial charge in [0, 0.05) is 131 Å². The molecule has 9 heterocycles. The van der Waals surface area contributed by atoms with Crippen LogP contribution in [0.15, 0.2) is 91.4 Å². The molecular weight excluding hydrogens is 1070 g/mol. The van der Waals surface area contributed by atoms with Crippen molar-refractivity contribution in [2.24, 2.45) is 33.0 Å². The smallest absolute Gasteiger partial charge is 0.0479 e. The zero-order valence-corrected chi connectivity index (χ0v) is 60.6. The van der Waals surface area contributed by atoms with Gasteiger partial charge >= 0.3 is 0 Å². The van der Waals surface area contributed by atoms with Crippen molar-refractivity contribution in [3.63, 3.8) is 0 Å². The van der Waals surface area contributed by atoms with Crippen LogP contribution in [0.25, 0.3) is 10.9 Å². The fourth-order valence-electron chi connectivity index (χ4n) is 11.8. The number of nitrogens with one attached hydrogen (secondary N) is 1. The molecule has 2 aromatic carbocycles. The second-order valence-corrected chi connectivity index (χ2v) is 28.2. The number of piperazine rings is 1. The van der Waals surface area contributed by atoms with Gasteiger partial charge in [0.1, 0.15) is 0 Å². The van der Waals surface area contributed by atoms with Crippen molar-refractivity contribution in [1.82, 2.24) is 48.4 Å². The van der Waals surface area contributed by atoms with Crippen LogP contribution in [0, 0.1) is 18.8 Å². The summed E-state index contributed by atoms with van der Waals surface area (Å²) in [6.45, 7) is 36.3. The number of likely N-dealkylation sites (tertiary alicyclic amines) is 3. The summed E-state index contributed by atoms with van der Waals surface area (Å²) in [4.78, 5) is 14.4. The Balaban J connectivity index is 0.000000327. The maximum Gasteiger partial charge on any atom is 0.0479 e. The molecule has 12 rings (SSSR count). The van der Waals surface area contributed by atoms with Gasteiger partial charge < -0.3 is 38.6 Å². The van der Waals surface area contributed by atoms with Gasteiger partial charge in [0.15, 0.2) is 0 Å². The maximum absolute atomic E-state index is 4.02. The highest BCUT2D eigenvalue weighted by atomic mass is 32.2. The predicted octanol–water partition coefficient (Wildman–Crippen LogP) is 15.8. The molecule has 3 aromatic heterocycles.